The molecule has 0 bridgehead atoms. The summed E-state index contributed by atoms with van der Waals surface area (Å²) in [7, 11) is 2.00. The summed E-state index contributed by atoms with van der Waals surface area (Å²) in [5.74, 6) is 0. The third-order valence-corrected chi connectivity index (χ3v) is 0.898. The predicted molar refractivity (Wildman–Crippen MR) is 41.9 cm³/mol. The van der Waals surface area contributed by atoms with Gasteiger partial charge >= 0.3 is 0 Å². The van der Waals surface area contributed by atoms with E-state index >= 15 is 0 Å². The molecule has 50 valence electrons. The Hall–Kier alpha value is -0.850. The van der Waals surface area contributed by atoms with Crippen molar-refractivity contribution in [2.45, 2.75) is 13.8 Å². The maximum Gasteiger partial charge on any atom is 0.168 e. The van der Waals surface area contributed by atoms with Gasteiger partial charge in [-0.25, -0.2) is 4.58 Å². The van der Waals surface area contributed by atoms with Crippen LogP contribution in [-0.4, -0.2) is 17.8 Å². The molecule has 0 aromatic rings. The molecule has 0 atom stereocenters. The third kappa shape index (κ3) is 5.01. The lowest BCUT2D eigenvalue weighted by atomic mass is 10.5. The molecular formula is C8H14N+. The number of rotatable bonds is 2. The summed E-state index contributed by atoms with van der Waals surface area (Å²) in [5, 5.41) is 0. The molecule has 0 heterocycles. The van der Waals surface area contributed by atoms with Crippen LogP contribution in [0.15, 0.2) is 24.4 Å². The minimum absolute atomic E-state index is 2.00. The van der Waals surface area contributed by atoms with E-state index in [0.717, 1.165) is 0 Å². The molecular weight excluding hydrogens is 110 g/mol. The van der Waals surface area contributed by atoms with E-state index in [2.05, 4.69) is 0 Å². The molecule has 0 radical (unpaired) electrons. The summed E-state index contributed by atoms with van der Waals surface area (Å²) in [6.07, 6.45) is 10.0. The summed E-state index contributed by atoms with van der Waals surface area (Å²) in [6, 6.07) is 0. The Labute approximate surface area is 57.0 Å². The zero-order chi connectivity index (χ0) is 7.11. The van der Waals surface area contributed by atoms with Crippen LogP contribution in [-0.2, 0) is 0 Å². The van der Waals surface area contributed by atoms with Crippen molar-refractivity contribution in [2.75, 3.05) is 7.05 Å². The Balaban J connectivity index is 3.84. The monoisotopic (exact) mass is 124 g/mol. The molecule has 0 rings (SSSR count). The van der Waals surface area contributed by atoms with Crippen LogP contribution in [0, 0.1) is 0 Å². The Morgan fingerprint density at radius 3 is 2.22 bits per heavy atom. The standard InChI is InChI=1S/C8H14N/c1-4-6-8-9(3)7-5-2/h4-8H,1-3H3/q+1. The van der Waals surface area contributed by atoms with Gasteiger partial charge in [0, 0.05) is 0 Å². The highest BCUT2D eigenvalue weighted by atomic mass is 14.9. The van der Waals surface area contributed by atoms with Crippen molar-refractivity contribution >= 4 is 6.21 Å². The summed E-state index contributed by atoms with van der Waals surface area (Å²) < 4.78 is 2.00. The van der Waals surface area contributed by atoms with Crippen molar-refractivity contribution < 1.29 is 4.58 Å². The third-order valence-electron chi connectivity index (χ3n) is 0.898. The highest BCUT2D eigenvalue weighted by molar-refractivity contribution is 5.65. The second-order valence-corrected chi connectivity index (χ2v) is 1.82. The van der Waals surface area contributed by atoms with Crippen LogP contribution in [0.2, 0.25) is 0 Å². The molecule has 0 aromatic carbocycles. The molecule has 0 fully saturated rings. The largest absolute Gasteiger partial charge is 0.208 e. The van der Waals surface area contributed by atoms with Crippen LogP contribution in [0.5, 0.6) is 0 Å². The number of allylic oxidation sites excluding steroid dienone is 3. The van der Waals surface area contributed by atoms with Crippen molar-refractivity contribution in [1.29, 1.82) is 0 Å². The summed E-state index contributed by atoms with van der Waals surface area (Å²) in [5.41, 5.74) is 0. The van der Waals surface area contributed by atoms with Crippen molar-refractivity contribution in [2.24, 2.45) is 0 Å². The van der Waals surface area contributed by atoms with Gasteiger partial charge in [-0.3, -0.25) is 0 Å². The zero-order valence-corrected chi connectivity index (χ0v) is 6.33. The van der Waals surface area contributed by atoms with Gasteiger partial charge in [0.2, 0.25) is 0 Å². The molecule has 0 aliphatic heterocycles. The minimum Gasteiger partial charge on any atom is -0.208 e. The normalized spacial score (nSPS) is 13.9. The SMILES string of the molecule is CC=CC=[N+](C)C=CC. The average molecular weight is 124 g/mol. The molecule has 1 nitrogen and oxygen atoms in total. The van der Waals surface area contributed by atoms with Gasteiger partial charge in [0.15, 0.2) is 12.4 Å². The van der Waals surface area contributed by atoms with Crippen LogP contribution >= 0.6 is 0 Å². The van der Waals surface area contributed by atoms with Crippen LogP contribution in [0.1, 0.15) is 13.8 Å². The number of hydrogen-bond donors (Lipinski definition) is 0. The van der Waals surface area contributed by atoms with E-state index in [1.54, 1.807) is 0 Å². The molecule has 0 amide bonds. The first kappa shape index (κ1) is 8.15. The van der Waals surface area contributed by atoms with E-state index in [-0.39, 0.29) is 0 Å². The lowest BCUT2D eigenvalue weighted by Gasteiger charge is -1.79. The minimum atomic E-state index is 2.00. The molecule has 1 heteroatoms. The van der Waals surface area contributed by atoms with Gasteiger partial charge in [0.05, 0.1) is 0 Å². The van der Waals surface area contributed by atoms with E-state index in [1.807, 2.05) is 56.1 Å². The van der Waals surface area contributed by atoms with E-state index in [1.165, 1.54) is 0 Å². The first-order valence-electron chi connectivity index (χ1n) is 3.12. The van der Waals surface area contributed by atoms with Crippen molar-refractivity contribution in [1.82, 2.24) is 0 Å². The maximum absolute atomic E-state index is 2.00. The fraction of sp³-hybridized carbons (Fsp3) is 0.375. The van der Waals surface area contributed by atoms with Crippen molar-refractivity contribution in [3.63, 3.8) is 0 Å². The predicted octanol–water partition coefficient (Wildman–Crippen LogP) is 1.81. The number of hydrogen-bond acceptors (Lipinski definition) is 0. The summed E-state index contributed by atoms with van der Waals surface area (Å²) in [4.78, 5) is 0. The fourth-order valence-electron chi connectivity index (χ4n) is 0.507. The van der Waals surface area contributed by atoms with E-state index in [0.29, 0.717) is 0 Å². The second-order valence-electron chi connectivity index (χ2n) is 1.82. The maximum atomic E-state index is 2.00. The van der Waals surface area contributed by atoms with Gasteiger partial charge in [-0.05, 0) is 26.0 Å². The van der Waals surface area contributed by atoms with Gasteiger partial charge in [-0.2, -0.15) is 0 Å². The molecule has 0 saturated carbocycles. The molecule has 0 aliphatic rings. The first-order chi connectivity index (χ1) is 4.31. The van der Waals surface area contributed by atoms with E-state index in [9.17, 15) is 0 Å². The fourth-order valence-corrected chi connectivity index (χ4v) is 0.507. The molecule has 0 N–H and O–H groups in total. The highest BCUT2D eigenvalue weighted by Gasteiger charge is 1.78. The Morgan fingerprint density at radius 2 is 1.78 bits per heavy atom. The Kier molecular flexibility index (Phi) is 4.79. The first-order valence-corrected chi connectivity index (χ1v) is 3.12. The van der Waals surface area contributed by atoms with Crippen LogP contribution < -0.4 is 0 Å². The highest BCUT2D eigenvalue weighted by Crippen LogP contribution is 1.71. The second kappa shape index (κ2) is 5.29. The summed E-state index contributed by atoms with van der Waals surface area (Å²) in [6.45, 7) is 4.00. The zero-order valence-electron chi connectivity index (χ0n) is 6.33. The Morgan fingerprint density at radius 1 is 1.11 bits per heavy atom. The Bertz CT molecular complexity index is 141. The van der Waals surface area contributed by atoms with Gasteiger partial charge < -0.3 is 0 Å². The van der Waals surface area contributed by atoms with Gasteiger partial charge in [0.1, 0.15) is 7.05 Å². The molecule has 0 unspecified atom stereocenters. The van der Waals surface area contributed by atoms with Gasteiger partial charge in [-0.1, -0.05) is 6.08 Å². The van der Waals surface area contributed by atoms with Crippen molar-refractivity contribution in [3.05, 3.63) is 24.4 Å². The topological polar surface area (TPSA) is 3.01 Å². The van der Waals surface area contributed by atoms with Crippen LogP contribution in [0.3, 0.4) is 0 Å². The lowest BCUT2D eigenvalue weighted by Crippen LogP contribution is -1.93. The average Bonchev–Trinajstić information content (AvgIpc) is 1.85. The smallest absolute Gasteiger partial charge is 0.168 e. The molecule has 9 heavy (non-hydrogen) atoms. The van der Waals surface area contributed by atoms with Gasteiger partial charge in [0.25, 0.3) is 0 Å². The molecule has 0 aliphatic carbocycles. The van der Waals surface area contributed by atoms with E-state index in [4.69, 9.17) is 0 Å². The molecule has 0 spiro atoms. The lowest BCUT2D eigenvalue weighted by molar-refractivity contribution is -0.416. The van der Waals surface area contributed by atoms with Crippen molar-refractivity contribution in [3.8, 4) is 0 Å². The quantitative estimate of drug-likeness (QED) is 0.390. The summed E-state index contributed by atoms with van der Waals surface area (Å²) >= 11 is 0. The van der Waals surface area contributed by atoms with Crippen LogP contribution in [0.25, 0.3) is 0 Å². The van der Waals surface area contributed by atoms with E-state index < -0.39 is 0 Å². The number of nitrogens with zero attached hydrogens (tertiary/aromatic N) is 1. The van der Waals surface area contributed by atoms with Gasteiger partial charge in [-0.15, -0.1) is 0 Å². The molecule has 0 aromatic heterocycles. The van der Waals surface area contributed by atoms with Crippen LogP contribution in [0.4, 0.5) is 0 Å². The molecule has 0 saturated heterocycles.